The van der Waals surface area contributed by atoms with Gasteiger partial charge in [0.15, 0.2) is 5.69 Å². The van der Waals surface area contributed by atoms with Crippen LogP contribution in [0.5, 0.6) is 0 Å². The number of aromatic carboxylic acids is 1. The van der Waals surface area contributed by atoms with Crippen molar-refractivity contribution in [3.05, 3.63) is 11.4 Å². The quantitative estimate of drug-likeness (QED) is 0.651. The molecule has 1 aromatic rings. The van der Waals surface area contributed by atoms with Crippen molar-refractivity contribution in [3.8, 4) is 0 Å². The third-order valence-electron chi connectivity index (χ3n) is 1.46. The summed E-state index contributed by atoms with van der Waals surface area (Å²) in [5, 5.41) is 18.3. The predicted molar refractivity (Wildman–Crippen MR) is 42.0 cm³/mol. The van der Waals surface area contributed by atoms with Crippen molar-refractivity contribution in [3.63, 3.8) is 0 Å². The molecule has 0 bridgehead atoms. The van der Waals surface area contributed by atoms with Crippen LogP contribution in [0, 0.1) is 0 Å². The van der Waals surface area contributed by atoms with Crippen molar-refractivity contribution < 1.29 is 9.90 Å². The number of carbonyl (C=O) groups is 1. The molecular weight excluding hydrogens is 158 g/mol. The van der Waals surface area contributed by atoms with Crippen LogP contribution in [-0.4, -0.2) is 26.5 Å². The molecule has 0 spiro atoms. The number of aromatic nitrogens is 3. The maximum Gasteiger partial charge on any atom is 0.358 e. The number of hydrogen-bond donors (Lipinski definition) is 2. The molecule has 0 saturated carbocycles. The average Bonchev–Trinajstić information content (AvgIpc) is 2.30. The van der Waals surface area contributed by atoms with Gasteiger partial charge < -0.3 is 5.11 Å². The summed E-state index contributed by atoms with van der Waals surface area (Å²) in [4.78, 5) is 10.6. The smallest absolute Gasteiger partial charge is 0.358 e. The highest BCUT2D eigenvalue weighted by molar-refractivity contribution is 5.86. The van der Waals surface area contributed by atoms with Crippen LogP contribution in [0.2, 0.25) is 0 Å². The second-order valence-electron chi connectivity index (χ2n) is 3.58. The average molecular weight is 169 g/mol. The normalized spacial score (nSPS) is 11.6. The maximum atomic E-state index is 10.6. The first-order valence-electron chi connectivity index (χ1n) is 3.57. The Kier molecular flexibility index (Phi) is 1.87. The van der Waals surface area contributed by atoms with E-state index in [1.807, 2.05) is 20.8 Å². The van der Waals surface area contributed by atoms with Crippen LogP contribution in [0.15, 0.2) is 0 Å². The fourth-order valence-corrected chi connectivity index (χ4v) is 0.903. The molecule has 0 aliphatic carbocycles. The largest absolute Gasteiger partial charge is 0.476 e. The molecule has 0 saturated heterocycles. The molecule has 0 fully saturated rings. The van der Waals surface area contributed by atoms with E-state index in [9.17, 15) is 4.79 Å². The number of H-pyrrole nitrogens is 1. The van der Waals surface area contributed by atoms with Crippen LogP contribution in [0.1, 0.15) is 37.0 Å². The molecule has 12 heavy (non-hydrogen) atoms. The molecule has 66 valence electrons. The van der Waals surface area contributed by atoms with Gasteiger partial charge in [0.05, 0.1) is 0 Å². The summed E-state index contributed by atoms with van der Waals surface area (Å²) in [5.74, 6) is -1.05. The summed E-state index contributed by atoms with van der Waals surface area (Å²) in [6, 6.07) is 0. The lowest BCUT2D eigenvalue weighted by Crippen LogP contribution is -2.16. The van der Waals surface area contributed by atoms with Crippen LogP contribution in [0.4, 0.5) is 0 Å². The summed E-state index contributed by atoms with van der Waals surface area (Å²) in [7, 11) is 0. The van der Waals surface area contributed by atoms with E-state index in [0.717, 1.165) is 0 Å². The molecule has 1 aromatic heterocycles. The van der Waals surface area contributed by atoms with Gasteiger partial charge in [0.1, 0.15) is 5.69 Å². The van der Waals surface area contributed by atoms with Crippen LogP contribution in [-0.2, 0) is 5.41 Å². The summed E-state index contributed by atoms with van der Waals surface area (Å²) in [6.45, 7) is 5.66. The van der Waals surface area contributed by atoms with Gasteiger partial charge in [-0.3, -0.25) is 0 Å². The molecule has 0 unspecified atom stereocenters. The number of aromatic amines is 1. The van der Waals surface area contributed by atoms with E-state index < -0.39 is 5.97 Å². The van der Waals surface area contributed by atoms with Crippen molar-refractivity contribution in [1.29, 1.82) is 0 Å². The highest BCUT2D eigenvalue weighted by Crippen LogP contribution is 2.21. The molecule has 5 nitrogen and oxygen atoms in total. The minimum atomic E-state index is -1.05. The topological polar surface area (TPSA) is 78.9 Å². The molecule has 1 heterocycles. The van der Waals surface area contributed by atoms with Gasteiger partial charge in [0, 0.05) is 5.41 Å². The molecule has 0 amide bonds. The Labute approximate surface area is 69.8 Å². The van der Waals surface area contributed by atoms with Crippen LogP contribution >= 0.6 is 0 Å². The highest BCUT2D eigenvalue weighted by Gasteiger charge is 2.25. The van der Waals surface area contributed by atoms with Crippen molar-refractivity contribution in [1.82, 2.24) is 15.4 Å². The SMILES string of the molecule is CC(C)(C)c1n[nH]nc1C(=O)O. The lowest BCUT2D eigenvalue weighted by atomic mass is 9.91. The zero-order valence-corrected chi connectivity index (χ0v) is 7.25. The third kappa shape index (κ3) is 1.44. The molecule has 0 radical (unpaired) electrons. The Morgan fingerprint density at radius 3 is 2.33 bits per heavy atom. The Hall–Kier alpha value is -1.39. The van der Waals surface area contributed by atoms with Gasteiger partial charge in [-0.15, -0.1) is 5.10 Å². The summed E-state index contributed by atoms with van der Waals surface area (Å²) < 4.78 is 0. The second kappa shape index (κ2) is 2.58. The molecule has 2 N–H and O–H groups in total. The van der Waals surface area contributed by atoms with E-state index in [1.54, 1.807) is 0 Å². The fourth-order valence-electron chi connectivity index (χ4n) is 0.903. The van der Waals surface area contributed by atoms with E-state index in [2.05, 4.69) is 15.4 Å². The summed E-state index contributed by atoms with van der Waals surface area (Å²) in [5.41, 5.74) is 0.193. The fraction of sp³-hybridized carbons (Fsp3) is 0.571. The second-order valence-corrected chi connectivity index (χ2v) is 3.58. The van der Waals surface area contributed by atoms with Gasteiger partial charge in [-0.2, -0.15) is 10.3 Å². The van der Waals surface area contributed by atoms with Gasteiger partial charge in [-0.1, -0.05) is 20.8 Å². The zero-order chi connectivity index (χ0) is 9.35. The molecule has 0 atom stereocenters. The van der Waals surface area contributed by atoms with Gasteiger partial charge in [0.2, 0.25) is 0 Å². The Bertz CT molecular complexity index is 298. The van der Waals surface area contributed by atoms with Gasteiger partial charge in [-0.25, -0.2) is 4.79 Å². The van der Waals surface area contributed by atoms with Crippen molar-refractivity contribution >= 4 is 5.97 Å². The minimum absolute atomic E-state index is 0.00231. The first-order valence-corrected chi connectivity index (χ1v) is 3.57. The van der Waals surface area contributed by atoms with Gasteiger partial charge in [0.25, 0.3) is 0 Å². The lowest BCUT2D eigenvalue weighted by Gasteiger charge is -2.14. The predicted octanol–water partition coefficient (Wildman–Crippen LogP) is 0.800. The van der Waals surface area contributed by atoms with Gasteiger partial charge >= 0.3 is 5.97 Å². The van der Waals surface area contributed by atoms with E-state index in [4.69, 9.17) is 5.11 Å². The van der Waals surface area contributed by atoms with E-state index in [0.29, 0.717) is 5.69 Å². The van der Waals surface area contributed by atoms with Crippen LogP contribution in [0.25, 0.3) is 0 Å². The first kappa shape index (κ1) is 8.70. The van der Waals surface area contributed by atoms with Crippen molar-refractivity contribution in [2.75, 3.05) is 0 Å². The molecule has 0 aromatic carbocycles. The molecular formula is C7H11N3O2. The number of carboxylic acids is 1. The third-order valence-corrected chi connectivity index (χ3v) is 1.46. The Balaban J connectivity index is 3.17. The molecule has 1 rings (SSSR count). The van der Waals surface area contributed by atoms with Crippen LogP contribution < -0.4 is 0 Å². The number of rotatable bonds is 1. The maximum absolute atomic E-state index is 10.6. The van der Waals surface area contributed by atoms with E-state index in [1.165, 1.54) is 0 Å². The zero-order valence-electron chi connectivity index (χ0n) is 7.25. The van der Waals surface area contributed by atoms with Crippen molar-refractivity contribution in [2.45, 2.75) is 26.2 Å². The van der Waals surface area contributed by atoms with Gasteiger partial charge in [-0.05, 0) is 0 Å². The Morgan fingerprint density at radius 1 is 1.42 bits per heavy atom. The number of nitrogens with zero attached hydrogens (tertiary/aromatic N) is 2. The Morgan fingerprint density at radius 2 is 2.00 bits per heavy atom. The summed E-state index contributed by atoms with van der Waals surface area (Å²) in [6.07, 6.45) is 0. The monoisotopic (exact) mass is 169 g/mol. The molecule has 0 aliphatic heterocycles. The van der Waals surface area contributed by atoms with E-state index >= 15 is 0 Å². The first-order chi connectivity index (χ1) is 5.43. The van der Waals surface area contributed by atoms with Crippen molar-refractivity contribution in [2.24, 2.45) is 0 Å². The number of hydrogen-bond acceptors (Lipinski definition) is 3. The lowest BCUT2D eigenvalue weighted by molar-refractivity contribution is 0.0687. The van der Waals surface area contributed by atoms with E-state index in [-0.39, 0.29) is 11.1 Å². The standard InChI is InChI=1S/C7H11N3O2/c1-7(2,3)5-4(6(11)12)8-10-9-5/h1-3H3,(H,11,12)(H,8,9,10). The number of carboxylic acid groups (broad SMARTS) is 1. The molecule has 0 aliphatic rings. The minimum Gasteiger partial charge on any atom is -0.476 e. The highest BCUT2D eigenvalue weighted by atomic mass is 16.4. The number of nitrogens with one attached hydrogen (secondary N) is 1. The molecule has 5 heteroatoms. The van der Waals surface area contributed by atoms with Crippen LogP contribution in [0.3, 0.4) is 0 Å². The summed E-state index contributed by atoms with van der Waals surface area (Å²) >= 11 is 0.